The van der Waals surface area contributed by atoms with E-state index in [1.165, 1.54) is 0 Å². The molecule has 0 spiro atoms. The molecule has 1 aromatic carbocycles. The number of amides is 2. The third-order valence-corrected chi connectivity index (χ3v) is 4.50. The minimum atomic E-state index is -0.743. The maximum atomic E-state index is 12.4. The minimum Gasteiger partial charge on any atom is -0.389 e. The summed E-state index contributed by atoms with van der Waals surface area (Å²) >= 11 is 0. The average Bonchev–Trinajstić information content (AvgIpc) is 2.61. The van der Waals surface area contributed by atoms with Crippen LogP contribution in [0.5, 0.6) is 0 Å². The minimum absolute atomic E-state index is 0.0782. The first-order chi connectivity index (χ1) is 11.5. The Labute approximate surface area is 143 Å². The molecule has 2 rings (SSSR count). The Balaban J connectivity index is 1.86. The lowest BCUT2D eigenvalue weighted by atomic mass is 10.0. The van der Waals surface area contributed by atoms with Gasteiger partial charge in [0.2, 0.25) is 5.91 Å². The molecule has 0 saturated carbocycles. The molecule has 24 heavy (non-hydrogen) atoms. The maximum absolute atomic E-state index is 12.4. The van der Waals surface area contributed by atoms with Crippen LogP contribution in [-0.4, -0.2) is 71.6 Å². The number of aliphatic hydroxyl groups excluding tert-OH is 1. The Morgan fingerprint density at radius 2 is 1.92 bits per heavy atom. The molecule has 0 radical (unpaired) electrons. The number of piperidine rings is 1. The molecule has 6 heteroatoms. The Kier molecular flexibility index (Phi) is 6.75. The van der Waals surface area contributed by atoms with Gasteiger partial charge in [0.05, 0.1) is 18.7 Å². The zero-order valence-electron chi connectivity index (χ0n) is 14.4. The summed E-state index contributed by atoms with van der Waals surface area (Å²) in [6.07, 6.45) is -0.184. The summed E-state index contributed by atoms with van der Waals surface area (Å²) in [6, 6.07) is 8.75. The highest BCUT2D eigenvalue weighted by Gasteiger charge is 2.31. The Morgan fingerprint density at radius 1 is 1.25 bits per heavy atom. The second-order valence-electron chi connectivity index (χ2n) is 6.11. The molecule has 2 amide bonds. The second-order valence-corrected chi connectivity index (χ2v) is 6.11. The van der Waals surface area contributed by atoms with Crippen LogP contribution in [0, 0.1) is 0 Å². The van der Waals surface area contributed by atoms with Crippen LogP contribution in [0.3, 0.4) is 0 Å². The fourth-order valence-electron chi connectivity index (χ4n) is 2.95. The van der Waals surface area contributed by atoms with E-state index in [0.717, 1.165) is 13.1 Å². The first-order valence-electron chi connectivity index (χ1n) is 8.59. The monoisotopic (exact) mass is 333 g/mol. The summed E-state index contributed by atoms with van der Waals surface area (Å²) in [6.45, 7) is 6.76. The van der Waals surface area contributed by atoms with Crippen molar-refractivity contribution in [3.8, 4) is 0 Å². The third kappa shape index (κ3) is 4.79. The smallest absolute Gasteiger partial charge is 0.253 e. The van der Waals surface area contributed by atoms with Crippen LogP contribution in [0.4, 0.5) is 0 Å². The molecule has 1 aliphatic heterocycles. The first-order valence-corrected chi connectivity index (χ1v) is 8.59. The molecule has 0 bridgehead atoms. The molecule has 2 unspecified atom stereocenters. The number of carbonyl (C=O) groups is 2. The summed E-state index contributed by atoms with van der Waals surface area (Å²) in [5.41, 5.74) is 0.619. The van der Waals surface area contributed by atoms with Gasteiger partial charge in [0.25, 0.3) is 5.91 Å². The fraction of sp³-hybridized carbons (Fsp3) is 0.556. The number of β-amino-alcohol motifs (C(OH)–C–C–N with tert-alkyl or cyclic N) is 1. The molecular formula is C18H27N3O3. The van der Waals surface area contributed by atoms with Crippen LogP contribution in [0.1, 0.15) is 30.6 Å². The topological polar surface area (TPSA) is 72.9 Å². The van der Waals surface area contributed by atoms with Gasteiger partial charge in [-0.15, -0.1) is 0 Å². The Morgan fingerprint density at radius 3 is 2.50 bits per heavy atom. The highest BCUT2D eigenvalue weighted by Crippen LogP contribution is 2.14. The number of benzene rings is 1. The lowest BCUT2D eigenvalue weighted by molar-refractivity contribution is -0.124. The van der Waals surface area contributed by atoms with Crippen LogP contribution >= 0.6 is 0 Å². The normalized spacial score (nSPS) is 20.9. The van der Waals surface area contributed by atoms with Crippen molar-refractivity contribution in [2.45, 2.75) is 32.4 Å². The first kappa shape index (κ1) is 18.4. The molecule has 0 aromatic heterocycles. The molecule has 1 aromatic rings. The van der Waals surface area contributed by atoms with Gasteiger partial charge in [0.15, 0.2) is 0 Å². The quantitative estimate of drug-likeness (QED) is 0.805. The highest BCUT2D eigenvalue weighted by atomic mass is 16.3. The van der Waals surface area contributed by atoms with E-state index in [2.05, 4.69) is 5.32 Å². The van der Waals surface area contributed by atoms with Gasteiger partial charge in [-0.3, -0.25) is 14.5 Å². The number of carbonyl (C=O) groups excluding carboxylic acids is 2. The van der Waals surface area contributed by atoms with Crippen molar-refractivity contribution in [3.63, 3.8) is 0 Å². The van der Waals surface area contributed by atoms with Gasteiger partial charge in [-0.25, -0.2) is 0 Å². The fourth-order valence-corrected chi connectivity index (χ4v) is 2.95. The van der Waals surface area contributed by atoms with E-state index in [-0.39, 0.29) is 24.4 Å². The Hall–Kier alpha value is -1.92. The average molecular weight is 333 g/mol. The largest absolute Gasteiger partial charge is 0.389 e. The van der Waals surface area contributed by atoms with Crippen molar-refractivity contribution >= 4 is 11.8 Å². The lowest BCUT2D eigenvalue weighted by Crippen LogP contribution is -2.56. The molecule has 1 fully saturated rings. The van der Waals surface area contributed by atoms with Gasteiger partial charge < -0.3 is 15.3 Å². The Bertz CT molecular complexity index is 546. The summed E-state index contributed by atoms with van der Waals surface area (Å²) in [7, 11) is 0. The number of rotatable bonds is 6. The summed E-state index contributed by atoms with van der Waals surface area (Å²) in [5.74, 6) is -0.159. The van der Waals surface area contributed by atoms with Crippen molar-refractivity contribution in [2.75, 3.05) is 32.7 Å². The number of hydrogen-bond acceptors (Lipinski definition) is 4. The zero-order chi connectivity index (χ0) is 17.5. The molecule has 0 aliphatic carbocycles. The van der Waals surface area contributed by atoms with Gasteiger partial charge in [-0.1, -0.05) is 32.0 Å². The number of likely N-dealkylation sites (tertiary alicyclic amines) is 1. The van der Waals surface area contributed by atoms with Crippen molar-refractivity contribution in [1.82, 2.24) is 15.1 Å². The van der Waals surface area contributed by atoms with Gasteiger partial charge >= 0.3 is 0 Å². The van der Waals surface area contributed by atoms with Crippen LogP contribution in [0.2, 0.25) is 0 Å². The standard InChI is InChI=1S/C18H27N3O3/c1-3-20(4-2)13-17(23)19-15-10-11-21(12-16(15)22)18(24)14-8-6-5-7-9-14/h5-9,15-16,22H,3-4,10-13H2,1-2H3,(H,19,23). The number of nitrogens with one attached hydrogen (secondary N) is 1. The molecule has 1 heterocycles. The van der Waals surface area contributed by atoms with E-state index >= 15 is 0 Å². The summed E-state index contributed by atoms with van der Waals surface area (Å²) in [5, 5.41) is 13.2. The summed E-state index contributed by atoms with van der Waals surface area (Å²) < 4.78 is 0. The number of hydrogen-bond donors (Lipinski definition) is 2. The van der Waals surface area contributed by atoms with E-state index in [1.807, 2.05) is 36.9 Å². The molecule has 2 atom stereocenters. The lowest BCUT2D eigenvalue weighted by Gasteiger charge is -2.36. The van der Waals surface area contributed by atoms with E-state index in [4.69, 9.17) is 0 Å². The molecule has 1 aliphatic rings. The highest BCUT2D eigenvalue weighted by molar-refractivity contribution is 5.94. The van der Waals surface area contributed by atoms with Crippen LogP contribution in [0.15, 0.2) is 30.3 Å². The molecule has 132 valence electrons. The predicted octanol–water partition coefficient (Wildman–Crippen LogP) is 0.720. The number of aliphatic hydroxyl groups is 1. The van der Waals surface area contributed by atoms with E-state index in [0.29, 0.717) is 25.1 Å². The van der Waals surface area contributed by atoms with Crippen molar-refractivity contribution < 1.29 is 14.7 Å². The molecule has 2 N–H and O–H groups in total. The van der Waals surface area contributed by atoms with Crippen LogP contribution < -0.4 is 5.32 Å². The van der Waals surface area contributed by atoms with E-state index < -0.39 is 6.10 Å². The SMILES string of the molecule is CCN(CC)CC(=O)NC1CCN(C(=O)c2ccccc2)CC1O. The second kappa shape index (κ2) is 8.80. The van der Waals surface area contributed by atoms with Gasteiger partial charge in [0, 0.05) is 18.7 Å². The number of likely N-dealkylation sites (N-methyl/N-ethyl adjacent to an activating group) is 1. The molecule has 1 saturated heterocycles. The van der Waals surface area contributed by atoms with Gasteiger partial charge in [-0.2, -0.15) is 0 Å². The van der Waals surface area contributed by atoms with Crippen LogP contribution in [-0.2, 0) is 4.79 Å². The molecule has 6 nitrogen and oxygen atoms in total. The van der Waals surface area contributed by atoms with Gasteiger partial charge in [-0.05, 0) is 31.6 Å². The van der Waals surface area contributed by atoms with Crippen molar-refractivity contribution in [2.24, 2.45) is 0 Å². The maximum Gasteiger partial charge on any atom is 0.253 e. The molecular weight excluding hydrogens is 306 g/mol. The van der Waals surface area contributed by atoms with Crippen molar-refractivity contribution in [3.05, 3.63) is 35.9 Å². The third-order valence-electron chi connectivity index (χ3n) is 4.50. The zero-order valence-corrected chi connectivity index (χ0v) is 14.4. The van der Waals surface area contributed by atoms with E-state index in [9.17, 15) is 14.7 Å². The van der Waals surface area contributed by atoms with Gasteiger partial charge in [0.1, 0.15) is 0 Å². The predicted molar refractivity (Wildman–Crippen MR) is 92.7 cm³/mol. The number of nitrogens with zero attached hydrogens (tertiary/aromatic N) is 2. The van der Waals surface area contributed by atoms with Crippen molar-refractivity contribution in [1.29, 1.82) is 0 Å². The van der Waals surface area contributed by atoms with E-state index in [1.54, 1.807) is 17.0 Å². The summed E-state index contributed by atoms with van der Waals surface area (Å²) in [4.78, 5) is 28.2. The van der Waals surface area contributed by atoms with Crippen LogP contribution in [0.25, 0.3) is 0 Å².